The number of amides is 1. The Bertz CT molecular complexity index is 670. The molecular weight excluding hydrogens is 327 g/mol. The first-order valence-corrected chi connectivity index (χ1v) is 7.75. The summed E-state index contributed by atoms with van der Waals surface area (Å²) in [7, 11) is 1.48. The molecule has 1 aromatic heterocycles. The van der Waals surface area contributed by atoms with Crippen LogP contribution in [0.1, 0.15) is 6.92 Å². The zero-order valence-electron chi connectivity index (χ0n) is 12.6. The van der Waals surface area contributed by atoms with E-state index in [1.54, 1.807) is 37.3 Å². The van der Waals surface area contributed by atoms with Crippen LogP contribution in [0.2, 0.25) is 0 Å². The molecule has 2 rings (SSSR count). The van der Waals surface area contributed by atoms with Gasteiger partial charge in [0.2, 0.25) is 5.91 Å². The molecule has 1 N–H and O–H groups in total. The van der Waals surface area contributed by atoms with Crippen LogP contribution in [-0.2, 0) is 11.3 Å². The van der Waals surface area contributed by atoms with Gasteiger partial charge in [0.1, 0.15) is 6.54 Å². The Morgan fingerprint density at radius 1 is 1.35 bits per heavy atom. The lowest BCUT2D eigenvalue weighted by molar-refractivity contribution is -0.141. The number of hydrogen-bond acceptors (Lipinski definition) is 3. The quantitative estimate of drug-likeness (QED) is 0.847. The zero-order valence-corrected chi connectivity index (χ0v) is 13.4. The second-order valence-electron chi connectivity index (χ2n) is 4.87. The molecule has 0 spiro atoms. The molecule has 0 unspecified atom stereocenters. The maximum atomic E-state index is 12.9. The van der Waals surface area contributed by atoms with Gasteiger partial charge in [0, 0.05) is 7.05 Å². The van der Waals surface area contributed by atoms with Crippen molar-refractivity contribution in [3.8, 4) is 11.3 Å². The summed E-state index contributed by atoms with van der Waals surface area (Å²) >= 11 is 0.999. The number of rotatable bonds is 5. The van der Waals surface area contributed by atoms with Crippen molar-refractivity contribution in [2.75, 3.05) is 7.05 Å². The average molecular weight is 343 g/mol. The van der Waals surface area contributed by atoms with E-state index in [0.717, 1.165) is 16.3 Å². The third-order valence-electron chi connectivity index (χ3n) is 3.12. The highest BCUT2D eigenvalue weighted by molar-refractivity contribution is 8.00. The summed E-state index contributed by atoms with van der Waals surface area (Å²) in [6.45, 7) is 0.471. The van der Waals surface area contributed by atoms with Crippen molar-refractivity contribution in [2.45, 2.75) is 30.1 Å². The van der Waals surface area contributed by atoms with Crippen molar-refractivity contribution in [3.05, 3.63) is 36.5 Å². The summed E-state index contributed by atoms with van der Waals surface area (Å²) in [5, 5.41) is 2.09. The van der Waals surface area contributed by atoms with Gasteiger partial charge >= 0.3 is 6.18 Å². The molecule has 8 heteroatoms. The van der Waals surface area contributed by atoms with Crippen molar-refractivity contribution in [2.24, 2.45) is 0 Å². The van der Waals surface area contributed by atoms with Crippen LogP contribution in [0.15, 0.2) is 41.7 Å². The van der Waals surface area contributed by atoms with E-state index in [1.165, 1.54) is 13.2 Å². The molecule has 1 heterocycles. The Labute approximate surface area is 136 Å². The number of nitrogens with zero attached hydrogens (tertiary/aromatic N) is 2. The van der Waals surface area contributed by atoms with E-state index >= 15 is 0 Å². The number of benzene rings is 1. The van der Waals surface area contributed by atoms with E-state index in [-0.39, 0.29) is 11.1 Å². The van der Waals surface area contributed by atoms with Gasteiger partial charge in [0.15, 0.2) is 5.16 Å². The van der Waals surface area contributed by atoms with Crippen LogP contribution in [0, 0.1) is 0 Å². The van der Waals surface area contributed by atoms with Crippen LogP contribution < -0.4 is 5.32 Å². The van der Waals surface area contributed by atoms with E-state index in [4.69, 9.17) is 0 Å². The highest BCUT2D eigenvalue weighted by atomic mass is 32.2. The summed E-state index contributed by atoms with van der Waals surface area (Å²) in [6, 6.07) is 8.73. The SMILES string of the molecule is CNC(=O)[C@H](C)Sc1ncc(-c2ccccc2)n1CC(F)(F)F. The molecule has 0 fully saturated rings. The summed E-state index contributed by atoms with van der Waals surface area (Å²) in [5.74, 6) is -0.266. The molecule has 0 aliphatic rings. The smallest absolute Gasteiger partial charge is 0.358 e. The van der Waals surface area contributed by atoms with Gasteiger partial charge in [-0.05, 0) is 12.5 Å². The van der Waals surface area contributed by atoms with Crippen molar-refractivity contribution in [1.82, 2.24) is 14.9 Å². The number of carbonyl (C=O) groups excluding carboxylic acids is 1. The average Bonchev–Trinajstić information content (AvgIpc) is 2.88. The molecule has 4 nitrogen and oxygen atoms in total. The molecule has 23 heavy (non-hydrogen) atoms. The Morgan fingerprint density at radius 2 is 2.00 bits per heavy atom. The molecule has 0 saturated heterocycles. The molecule has 0 radical (unpaired) electrons. The molecule has 1 atom stereocenters. The van der Waals surface area contributed by atoms with Gasteiger partial charge in [-0.25, -0.2) is 4.98 Å². The van der Waals surface area contributed by atoms with Crippen LogP contribution in [0.5, 0.6) is 0 Å². The lowest BCUT2D eigenvalue weighted by atomic mass is 10.2. The van der Waals surface area contributed by atoms with E-state index in [0.29, 0.717) is 11.3 Å². The number of carbonyl (C=O) groups is 1. The topological polar surface area (TPSA) is 46.9 Å². The second-order valence-corrected chi connectivity index (χ2v) is 6.18. The molecule has 0 bridgehead atoms. The lowest BCUT2D eigenvalue weighted by Crippen LogP contribution is -2.28. The fourth-order valence-corrected chi connectivity index (χ4v) is 2.98. The highest BCUT2D eigenvalue weighted by Gasteiger charge is 2.31. The zero-order chi connectivity index (χ0) is 17.0. The fraction of sp³-hybridized carbons (Fsp3) is 0.333. The number of imidazole rings is 1. The standard InChI is InChI=1S/C15H16F3N3OS/c1-10(13(22)19-2)23-14-20-8-12(11-6-4-3-5-7-11)21(14)9-15(16,17)18/h3-8,10H,9H2,1-2H3,(H,19,22)/t10-/m0/s1. The van der Waals surface area contributed by atoms with Gasteiger partial charge in [-0.2, -0.15) is 13.2 Å². The predicted octanol–water partition coefficient (Wildman–Crippen LogP) is 3.34. The molecular formula is C15H16F3N3OS. The van der Waals surface area contributed by atoms with Crippen molar-refractivity contribution < 1.29 is 18.0 Å². The van der Waals surface area contributed by atoms with Crippen LogP contribution in [0.4, 0.5) is 13.2 Å². The number of alkyl halides is 3. The Hall–Kier alpha value is -1.96. The van der Waals surface area contributed by atoms with Gasteiger partial charge in [-0.1, -0.05) is 42.1 Å². The minimum absolute atomic E-state index is 0.164. The van der Waals surface area contributed by atoms with Gasteiger partial charge in [0.25, 0.3) is 0 Å². The Kier molecular flexibility index (Phi) is 5.35. The van der Waals surface area contributed by atoms with Gasteiger partial charge in [0.05, 0.1) is 17.1 Å². The number of thioether (sulfide) groups is 1. The summed E-state index contributed by atoms with van der Waals surface area (Å²) in [6.07, 6.45) is -2.98. The molecule has 0 saturated carbocycles. The van der Waals surface area contributed by atoms with Crippen molar-refractivity contribution >= 4 is 17.7 Å². The van der Waals surface area contributed by atoms with Crippen LogP contribution >= 0.6 is 11.8 Å². The first-order valence-electron chi connectivity index (χ1n) is 6.88. The summed E-state index contributed by atoms with van der Waals surface area (Å²) in [5.41, 5.74) is 1.01. The lowest BCUT2D eigenvalue weighted by Gasteiger charge is -2.15. The van der Waals surface area contributed by atoms with Gasteiger partial charge < -0.3 is 9.88 Å². The molecule has 1 aromatic carbocycles. The number of nitrogens with one attached hydrogen (secondary N) is 1. The maximum absolute atomic E-state index is 12.9. The number of halogens is 3. The normalized spacial score (nSPS) is 12.9. The van der Waals surface area contributed by atoms with Crippen molar-refractivity contribution in [3.63, 3.8) is 0 Å². The number of hydrogen-bond donors (Lipinski definition) is 1. The van der Waals surface area contributed by atoms with E-state index in [9.17, 15) is 18.0 Å². The summed E-state index contributed by atoms with van der Waals surface area (Å²) in [4.78, 5) is 15.7. The Balaban J connectivity index is 2.39. The largest absolute Gasteiger partial charge is 0.406 e. The maximum Gasteiger partial charge on any atom is 0.406 e. The first-order chi connectivity index (χ1) is 10.8. The van der Waals surface area contributed by atoms with Crippen molar-refractivity contribution in [1.29, 1.82) is 0 Å². The molecule has 0 aliphatic carbocycles. The van der Waals surface area contributed by atoms with E-state index < -0.39 is 18.0 Å². The third-order valence-corrected chi connectivity index (χ3v) is 4.23. The molecule has 0 aliphatic heterocycles. The third kappa shape index (κ3) is 4.51. The van der Waals surface area contributed by atoms with E-state index in [1.807, 2.05) is 0 Å². The molecule has 124 valence electrons. The van der Waals surface area contributed by atoms with Gasteiger partial charge in [-0.15, -0.1) is 0 Å². The fourth-order valence-electron chi connectivity index (χ4n) is 2.04. The van der Waals surface area contributed by atoms with Crippen LogP contribution in [0.25, 0.3) is 11.3 Å². The summed E-state index contributed by atoms with van der Waals surface area (Å²) < 4.78 is 39.9. The predicted molar refractivity (Wildman–Crippen MR) is 83.1 cm³/mol. The van der Waals surface area contributed by atoms with Crippen LogP contribution in [-0.4, -0.2) is 33.9 Å². The molecule has 2 aromatic rings. The highest BCUT2D eigenvalue weighted by Crippen LogP contribution is 2.31. The van der Waals surface area contributed by atoms with Gasteiger partial charge in [-0.3, -0.25) is 4.79 Å². The Morgan fingerprint density at radius 3 is 2.57 bits per heavy atom. The minimum Gasteiger partial charge on any atom is -0.358 e. The minimum atomic E-state index is -4.38. The first kappa shape index (κ1) is 17.4. The molecule has 1 amide bonds. The second kappa shape index (κ2) is 7.08. The van der Waals surface area contributed by atoms with E-state index in [2.05, 4.69) is 10.3 Å². The monoisotopic (exact) mass is 343 g/mol. The van der Waals surface area contributed by atoms with Crippen LogP contribution in [0.3, 0.4) is 0 Å². The number of aromatic nitrogens is 2.